The summed E-state index contributed by atoms with van der Waals surface area (Å²) in [5.74, 6) is 0.479. The van der Waals surface area contributed by atoms with E-state index in [9.17, 15) is 4.79 Å². The summed E-state index contributed by atoms with van der Waals surface area (Å²) in [6.07, 6.45) is 1.87. The van der Waals surface area contributed by atoms with Crippen LogP contribution in [0.3, 0.4) is 0 Å². The van der Waals surface area contributed by atoms with Gasteiger partial charge in [0.05, 0.1) is 0 Å². The number of carbonyl (C=O) groups excluding carboxylic acids is 1. The minimum absolute atomic E-state index is 0.0457. The van der Waals surface area contributed by atoms with Crippen LogP contribution in [0.1, 0.15) is 52.5 Å². The quantitative estimate of drug-likeness (QED) is 0.270. The van der Waals surface area contributed by atoms with Gasteiger partial charge in [-0.25, -0.2) is 0 Å². The van der Waals surface area contributed by atoms with Crippen LogP contribution in [0.5, 0.6) is 0 Å². The van der Waals surface area contributed by atoms with Gasteiger partial charge in [0.1, 0.15) is 5.69 Å². The average molecular weight is 437 g/mol. The molecule has 0 N–H and O–H groups in total. The third-order valence-electron chi connectivity index (χ3n) is 6.24. The molecule has 4 rings (SSSR count). The monoisotopic (exact) mass is 436 g/mol. The Labute approximate surface area is 197 Å². The van der Waals surface area contributed by atoms with Gasteiger partial charge in [-0.15, -0.1) is 6.58 Å². The van der Waals surface area contributed by atoms with E-state index in [1.54, 1.807) is 0 Å². The number of amides is 1. The number of hydrogen-bond donors (Lipinski definition) is 0. The molecule has 1 heterocycles. The summed E-state index contributed by atoms with van der Waals surface area (Å²) in [6.45, 7) is 12.1. The second-order valence-electron chi connectivity index (χ2n) is 8.94. The predicted octanol–water partition coefficient (Wildman–Crippen LogP) is 7.10. The highest BCUT2D eigenvalue weighted by molar-refractivity contribution is 6.02. The van der Waals surface area contributed by atoms with Gasteiger partial charge in [-0.05, 0) is 47.2 Å². The Bertz CT molecular complexity index is 1210. The number of benzene rings is 3. The van der Waals surface area contributed by atoms with E-state index in [1.807, 2.05) is 47.4 Å². The Morgan fingerprint density at radius 2 is 1.52 bits per heavy atom. The Morgan fingerprint density at radius 3 is 2.03 bits per heavy atom. The molecule has 0 spiro atoms. The summed E-state index contributed by atoms with van der Waals surface area (Å²) >= 11 is 0. The highest BCUT2D eigenvalue weighted by Crippen LogP contribution is 2.30. The van der Waals surface area contributed by atoms with Gasteiger partial charge in [-0.3, -0.25) is 4.79 Å². The summed E-state index contributed by atoms with van der Waals surface area (Å²) in [6, 6.07) is 27.0. The number of allylic oxidation sites excluding steroid dienone is 1. The van der Waals surface area contributed by atoms with Crippen LogP contribution in [0, 0.1) is 6.92 Å². The Hall–Kier alpha value is -3.59. The average Bonchev–Trinajstić information content (AvgIpc) is 3.10. The molecule has 33 heavy (non-hydrogen) atoms. The molecule has 3 aromatic carbocycles. The fourth-order valence-corrected chi connectivity index (χ4v) is 4.45. The van der Waals surface area contributed by atoms with Crippen molar-refractivity contribution >= 4 is 16.8 Å². The summed E-state index contributed by atoms with van der Waals surface area (Å²) in [5.41, 5.74) is 6.38. The van der Waals surface area contributed by atoms with Crippen LogP contribution in [0.25, 0.3) is 10.9 Å². The van der Waals surface area contributed by atoms with E-state index in [-0.39, 0.29) is 5.91 Å². The van der Waals surface area contributed by atoms with E-state index in [1.165, 1.54) is 5.56 Å². The van der Waals surface area contributed by atoms with Crippen LogP contribution in [0.15, 0.2) is 91.5 Å². The molecule has 0 atom stereocenters. The van der Waals surface area contributed by atoms with E-state index in [2.05, 4.69) is 74.4 Å². The minimum atomic E-state index is 0.0457. The van der Waals surface area contributed by atoms with Gasteiger partial charge in [0, 0.05) is 30.5 Å². The molecule has 0 radical (unpaired) electrons. The lowest BCUT2D eigenvalue weighted by Gasteiger charge is -2.24. The highest BCUT2D eigenvalue weighted by atomic mass is 16.2. The fraction of sp³-hybridized carbons (Fsp3) is 0.233. The minimum Gasteiger partial charge on any atom is -0.332 e. The van der Waals surface area contributed by atoms with E-state index in [0.717, 1.165) is 33.3 Å². The summed E-state index contributed by atoms with van der Waals surface area (Å²) in [5, 5.41) is 1.14. The van der Waals surface area contributed by atoms with Gasteiger partial charge in [0.2, 0.25) is 0 Å². The normalized spacial score (nSPS) is 11.2. The molecule has 4 aromatic rings. The SMILES string of the molecule is C=CCn1c(C(=O)N(Cc2ccccc2)Cc2ccccc2)c(C)c2cc(C(C)C)ccc21. The Kier molecular flexibility index (Phi) is 6.79. The molecule has 3 nitrogen and oxygen atoms in total. The van der Waals surface area contributed by atoms with Crippen molar-refractivity contribution in [2.45, 2.75) is 46.3 Å². The number of aromatic nitrogens is 1. The van der Waals surface area contributed by atoms with Gasteiger partial charge < -0.3 is 9.47 Å². The number of aryl methyl sites for hydroxylation is 1. The molecule has 0 fully saturated rings. The van der Waals surface area contributed by atoms with E-state index in [0.29, 0.717) is 25.6 Å². The number of fused-ring (bicyclic) bond motifs is 1. The summed E-state index contributed by atoms with van der Waals surface area (Å²) in [4.78, 5) is 16.1. The van der Waals surface area contributed by atoms with Crippen LogP contribution in [0.4, 0.5) is 0 Å². The molecule has 1 aromatic heterocycles. The van der Waals surface area contributed by atoms with Gasteiger partial charge in [-0.1, -0.05) is 86.7 Å². The van der Waals surface area contributed by atoms with Crippen molar-refractivity contribution in [2.24, 2.45) is 0 Å². The van der Waals surface area contributed by atoms with Crippen molar-refractivity contribution in [3.05, 3.63) is 119 Å². The van der Waals surface area contributed by atoms with Crippen LogP contribution in [0.2, 0.25) is 0 Å². The lowest BCUT2D eigenvalue weighted by Crippen LogP contribution is -2.32. The van der Waals surface area contributed by atoms with Crippen LogP contribution in [-0.4, -0.2) is 15.4 Å². The smallest absolute Gasteiger partial charge is 0.271 e. The second kappa shape index (κ2) is 9.91. The number of rotatable bonds is 8. The van der Waals surface area contributed by atoms with E-state index < -0.39 is 0 Å². The highest BCUT2D eigenvalue weighted by Gasteiger charge is 2.25. The first-order valence-corrected chi connectivity index (χ1v) is 11.6. The Morgan fingerprint density at radius 1 is 0.939 bits per heavy atom. The first kappa shape index (κ1) is 22.6. The maximum atomic E-state index is 14.1. The van der Waals surface area contributed by atoms with Crippen molar-refractivity contribution in [3.63, 3.8) is 0 Å². The molecule has 0 aliphatic carbocycles. The van der Waals surface area contributed by atoms with Crippen LogP contribution >= 0.6 is 0 Å². The maximum Gasteiger partial charge on any atom is 0.271 e. The third-order valence-corrected chi connectivity index (χ3v) is 6.24. The number of carbonyl (C=O) groups is 1. The van der Waals surface area contributed by atoms with E-state index in [4.69, 9.17) is 0 Å². The first-order valence-electron chi connectivity index (χ1n) is 11.6. The van der Waals surface area contributed by atoms with Crippen molar-refractivity contribution in [2.75, 3.05) is 0 Å². The molecule has 0 saturated carbocycles. The molecule has 3 heteroatoms. The number of nitrogens with zero attached hydrogens (tertiary/aromatic N) is 2. The Balaban J connectivity index is 1.81. The van der Waals surface area contributed by atoms with E-state index >= 15 is 0 Å². The largest absolute Gasteiger partial charge is 0.332 e. The molecular weight excluding hydrogens is 404 g/mol. The molecule has 0 bridgehead atoms. The van der Waals surface area contributed by atoms with Crippen molar-refractivity contribution in [1.82, 2.24) is 9.47 Å². The molecule has 0 aliphatic rings. The van der Waals surface area contributed by atoms with Gasteiger partial charge in [0.25, 0.3) is 5.91 Å². The topological polar surface area (TPSA) is 25.2 Å². The third kappa shape index (κ3) is 4.78. The van der Waals surface area contributed by atoms with Crippen LogP contribution in [-0.2, 0) is 19.6 Å². The summed E-state index contributed by atoms with van der Waals surface area (Å²) in [7, 11) is 0. The second-order valence-corrected chi connectivity index (χ2v) is 8.94. The lowest BCUT2D eigenvalue weighted by atomic mass is 10.0. The van der Waals surface area contributed by atoms with Crippen molar-refractivity contribution in [1.29, 1.82) is 0 Å². The van der Waals surface area contributed by atoms with Gasteiger partial charge in [-0.2, -0.15) is 0 Å². The van der Waals surface area contributed by atoms with Crippen molar-refractivity contribution in [3.8, 4) is 0 Å². The molecule has 1 amide bonds. The fourth-order valence-electron chi connectivity index (χ4n) is 4.45. The number of hydrogen-bond acceptors (Lipinski definition) is 1. The molecular formula is C30H32N2O. The maximum absolute atomic E-state index is 14.1. The standard InChI is InChI=1S/C30H32N2O/c1-5-18-32-28-17-16-26(22(2)3)19-27(28)23(4)29(32)30(33)31(20-24-12-8-6-9-13-24)21-25-14-10-7-11-15-25/h5-17,19,22H,1,18,20-21H2,2-4H3. The lowest BCUT2D eigenvalue weighted by molar-refractivity contribution is 0.0719. The van der Waals surface area contributed by atoms with Gasteiger partial charge >= 0.3 is 0 Å². The van der Waals surface area contributed by atoms with Crippen LogP contribution < -0.4 is 0 Å². The summed E-state index contributed by atoms with van der Waals surface area (Å²) < 4.78 is 2.12. The first-order chi connectivity index (χ1) is 16.0. The zero-order valence-electron chi connectivity index (χ0n) is 19.8. The van der Waals surface area contributed by atoms with Gasteiger partial charge in [0.15, 0.2) is 0 Å². The molecule has 0 saturated heterocycles. The molecule has 168 valence electrons. The predicted molar refractivity (Wildman–Crippen MR) is 137 cm³/mol. The zero-order valence-corrected chi connectivity index (χ0v) is 19.8. The zero-order chi connectivity index (χ0) is 23.4. The van der Waals surface area contributed by atoms with Crippen molar-refractivity contribution < 1.29 is 4.79 Å². The molecule has 0 aliphatic heterocycles. The molecule has 0 unspecified atom stereocenters.